The Kier molecular flexibility index (Phi) is 4.85. The molecule has 19 heavy (non-hydrogen) atoms. The number of likely N-dealkylation sites (tertiary alicyclic amines) is 1. The molecule has 2 rings (SSSR count). The summed E-state index contributed by atoms with van der Waals surface area (Å²) in [5.41, 5.74) is 0.823. The highest BCUT2D eigenvalue weighted by Gasteiger charge is 2.28. The number of carbonyl (C=O) groups excluding carboxylic acids is 1. The molecule has 1 saturated heterocycles. The average Bonchev–Trinajstić information content (AvgIpc) is 2.84. The zero-order valence-electron chi connectivity index (χ0n) is 11.3. The highest BCUT2D eigenvalue weighted by Crippen LogP contribution is 2.20. The summed E-state index contributed by atoms with van der Waals surface area (Å²) in [6.07, 6.45) is 2.46. The van der Waals surface area contributed by atoms with Crippen LogP contribution in [0.3, 0.4) is 0 Å². The number of hydrogen-bond donors (Lipinski definition) is 2. The predicted octanol–water partition coefficient (Wildman–Crippen LogP) is 1.80. The molecule has 0 bridgehead atoms. The Morgan fingerprint density at radius 3 is 3.00 bits per heavy atom. The number of carbonyl (C=O) groups is 1. The van der Waals surface area contributed by atoms with Crippen LogP contribution in [0.2, 0.25) is 0 Å². The molecule has 0 aliphatic carbocycles. The molecule has 104 valence electrons. The highest BCUT2D eigenvalue weighted by molar-refractivity contribution is 7.98. The van der Waals surface area contributed by atoms with Crippen LogP contribution in [-0.2, 0) is 4.79 Å². The first-order valence-corrected chi connectivity index (χ1v) is 7.69. The fraction of sp³-hybridized carbons (Fsp3) is 0.500. The summed E-state index contributed by atoms with van der Waals surface area (Å²) >= 11 is 1.65. The molecule has 0 aromatic heterocycles. The number of thioether (sulfide) groups is 1. The van der Waals surface area contributed by atoms with Crippen molar-refractivity contribution in [2.75, 3.05) is 24.7 Å². The lowest BCUT2D eigenvalue weighted by molar-refractivity contribution is -0.120. The molecule has 1 aliphatic heterocycles. The summed E-state index contributed by atoms with van der Waals surface area (Å²) in [5, 5.41) is 12.4. The van der Waals surface area contributed by atoms with Crippen molar-refractivity contribution in [3.63, 3.8) is 0 Å². The zero-order valence-corrected chi connectivity index (χ0v) is 12.1. The molecule has 1 fully saturated rings. The number of nitrogens with zero attached hydrogens (tertiary/aromatic N) is 1. The van der Waals surface area contributed by atoms with E-state index >= 15 is 0 Å². The number of benzene rings is 1. The first-order valence-electron chi connectivity index (χ1n) is 6.47. The van der Waals surface area contributed by atoms with E-state index in [1.54, 1.807) is 11.8 Å². The molecule has 1 heterocycles. The SMILES string of the molecule is CSc1cccc(NC(=O)C(C)N2CC[C@H](O)C2)c1. The van der Waals surface area contributed by atoms with Crippen LogP contribution < -0.4 is 5.32 Å². The molecule has 2 N–H and O–H groups in total. The van der Waals surface area contributed by atoms with E-state index in [9.17, 15) is 9.90 Å². The second kappa shape index (κ2) is 6.41. The minimum atomic E-state index is -0.296. The van der Waals surface area contributed by atoms with Crippen LogP contribution in [0.25, 0.3) is 0 Å². The molecule has 1 aromatic carbocycles. The highest BCUT2D eigenvalue weighted by atomic mass is 32.2. The quantitative estimate of drug-likeness (QED) is 0.826. The van der Waals surface area contributed by atoms with Crippen molar-refractivity contribution in [1.82, 2.24) is 4.90 Å². The number of aliphatic hydroxyl groups is 1. The van der Waals surface area contributed by atoms with E-state index in [0.717, 1.165) is 23.5 Å². The molecule has 0 radical (unpaired) electrons. The standard InChI is InChI=1S/C14H20N2O2S/c1-10(16-7-6-12(17)9-16)14(18)15-11-4-3-5-13(8-11)19-2/h3-5,8,10,12,17H,6-7,9H2,1-2H3,(H,15,18)/t10?,12-/m0/s1. The lowest BCUT2D eigenvalue weighted by Gasteiger charge is -2.22. The number of rotatable bonds is 4. The van der Waals surface area contributed by atoms with Crippen LogP contribution in [0.1, 0.15) is 13.3 Å². The van der Waals surface area contributed by atoms with Gasteiger partial charge in [-0.25, -0.2) is 0 Å². The van der Waals surface area contributed by atoms with Crippen LogP contribution in [0, 0.1) is 0 Å². The predicted molar refractivity (Wildman–Crippen MR) is 78.5 cm³/mol. The van der Waals surface area contributed by atoms with Gasteiger partial charge in [0.15, 0.2) is 0 Å². The van der Waals surface area contributed by atoms with Crippen molar-refractivity contribution in [2.45, 2.75) is 30.4 Å². The maximum Gasteiger partial charge on any atom is 0.241 e. The molecule has 1 unspecified atom stereocenters. The van der Waals surface area contributed by atoms with E-state index in [1.165, 1.54) is 0 Å². The Hall–Kier alpha value is -1.04. The molecule has 1 aromatic rings. The van der Waals surface area contributed by atoms with Crippen molar-refractivity contribution >= 4 is 23.4 Å². The zero-order chi connectivity index (χ0) is 13.8. The maximum atomic E-state index is 12.2. The van der Waals surface area contributed by atoms with Crippen molar-refractivity contribution in [2.24, 2.45) is 0 Å². The van der Waals surface area contributed by atoms with Gasteiger partial charge in [0.1, 0.15) is 0 Å². The molecule has 4 nitrogen and oxygen atoms in total. The third-order valence-corrected chi connectivity index (χ3v) is 4.18. The van der Waals surface area contributed by atoms with Gasteiger partial charge in [0.2, 0.25) is 5.91 Å². The normalized spacial score (nSPS) is 21.3. The van der Waals surface area contributed by atoms with Crippen LogP contribution in [0.15, 0.2) is 29.2 Å². The van der Waals surface area contributed by atoms with E-state index in [4.69, 9.17) is 0 Å². The van der Waals surface area contributed by atoms with Gasteiger partial charge in [0.25, 0.3) is 0 Å². The fourth-order valence-corrected chi connectivity index (χ4v) is 2.69. The molecule has 0 spiro atoms. The van der Waals surface area contributed by atoms with E-state index in [-0.39, 0.29) is 18.1 Å². The van der Waals surface area contributed by atoms with E-state index in [2.05, 4.69) is 5.32 Å². The third-order valence-electron chi connectivity index (χ3n) is 3.46. The number of anilines is 1. The summed E-state index contributed by atoms with van der Waals surface area (Å²) in [6.45, 7) is 3.24. The summed E-state index contributed by atoms with van der Waals surface area (Å²) < 4.78 is 0. The maximum absolute atomic E-state index is 12.2. The van der Waals surface area contributed by atoms with Crippen LogP contribution >= 0.6 is 11.8 Å². The van der Waals surface area contributed by atoms with Gasteiger partial charge in [0, 0.05) is 23.7 Å². The molecule has 2 atom stereocenters. The topological polar surface area (TPSA) is 52.6 Å². The number of aliphatic hydroxyl groups excluding tert-OH is 1. The van der Waals surface area contributed by atoms with E-state index in [1.807, 2.05) is 42.3 Å². The smallest absolute Gasteiger partial charge is 0.241 e. The summed E-state index contributed by atoms with van der Waals surface area (Å²) in [7, 11) is 0. The Morgan fingerprint density at radius 1 is 1.58 bits per heavy atom. The van der Waals surface area contributed by atoms with Gasteiger partial charge in [-0.2, -0.15) is 0 Å². The fourth-order valence-electron chi connectivity index (χ4n) is 2.23. The molecule has 5 heteroatoms. The van der Waals surface area contributed by atoms with E-state index < -0.39 is 0 Å². The molecule has 1 aliphatic rings. The largest absolute Gasteiger partial charge is 0.392 e. The van der Waals surface area contributed by atoms with Crippen molar-refractivity contribution in [3.05, 3.63) is 24.3 Å². The van der Waals surface area contributed by atoms with E-state index in [0.29, 0.717) is 6.54 Å². The Morgan fingerprint density at radius 2 is 2.37 bits per heavy atom. The number of β-amino-alcohol motifs (C(OH)–C–C–N with tert-alkyl or cyclic N) is 1. The third kappa shape index (κ3) is 3.72. The average molecular weight is 280 g/mol. The van der Waals surface area contributed by atoms with Crippen molar-refractivity contribution in [3.8, 4) is 0 Å². The first kappa shape index (κ1) is 14.4. The minimum Gasteiger partial charge on any atom is -0.392 e. The molecule has 1 amide bonds. The van der Waals surface area contributed by atoms with Crippen molar-refractivity contribution in [1.29, 1.82) is 0 Å². The lowest BCUT2D eigenvalue weighted by Crippen LogP contribution is -2.41. The summed E-state index contributed by atoms with van der Waals surface area (Å²) in [5.74, 6) is -0.0210. The van der Waals surface area contributed by atoms with Crippen LogP contribution in [-0.4, -0.2) is 47.4 Å². The number of amides is 1. The molecule has 0 saturated carbocycles. The van der Waals surface area contributed by atoms with Crippen molar-refractivity contribution < 1.29 is 9.90 Å². The second-order valence-corrected chi connectivity index (χ2v) is 5.71. The first-order chi connectivity index (χ1) is 9.10. The van der Waals surface area contributed by atoms with Gasteiger partial charge in [-0.05, 0) is 37.8 Å². The summed E-state index contributed by atoms with van der Waals surface area (Å²) in [6, 6.07) is 7.60. The van der Waals surface area contributed by atoms with Gasteiger partial charge < -0.3 is 10.4 Å². The van der Waals surface area contributed by atoms with Gasteiger partial charge in [-0.3, -0.25) is 9.69 Å². The number of hydrogen-bond acceptors (Lipinski definition) is 4. The second-order valence-electron chi connectivity index (χ2n) is 4.83. The van der Waals surface area contributed by atoms with Crippen LogP contribution in [0.5, 0.6) is 0 Å². The van der Waals surface area contributed by atoms with Crippen LogP contribution in [0.4, 0.5) is 5.69 Å². The van der Waals surface area contributed by atoms with Gasteiger partial charge in [0.05, 0.1) is 12.1 Å². The van der Waals surface area contributed by atoms with Gasteiger partial charge >= 0.3 is 0 Å². The van der Waals surface area contributed by atoms with Gasteiger partial charge in [-0.15, -0.1) is 11.8 Å². The minimum absolute atomic E-state index is 0.0210. The Balaban J connectivity index is 1.96. The van der Waals surface area contributed by atoms with Gasteiger partial charge in [-0.1, -0.05) is 6.07 Å². The lowest BCUT2D eigenvalue weighted by atomic mass is 10.2. The monoisotopic (exact) mass is 280 g/mol. The summed E-state index contributed by atoms with van der Waals surface area (Å²) in [4.78, 5) is 15.3. The Labute approximate surface area is 118 Å². The Bertz CT molecular complexity index is 453. The molecular weight excluding hydrogens is 260 g/mol. The number of nitrogens with one attached hydrogen (secondary N) is 1. The molecular formula is C14H20N2O2S.